The number of hydrogen-bond donors (Lipinski definition) is 1. The van der Waals surface area contributed by atoms with Crippen LogP contribution in [0.3, 0.4) is 0 Å². The fourth-order valence-corrected chi connectivity index (χ4v) is 2.56. The van der Waals surface area contributed by atoms with E-state index in [0.717, 1.165) is 10.2 Å². The molecule has 0 unspecified atom stereocenters. The maximum Gasteiger partial charge on any atom is 0.244 e. The number of benzene rings is 2. The van der Waals surface area contributed by atoms with Gasteiger partial charge in [0, 0.05) is 22.8 Å². The Balaban J connectivity index is 2.04. The number of nitrogens with one attached hydrogen (secondary N) is 1. The van der Waals surface area contributed by atoms with E-state index in [1.165, 1.54) is 11.8 Å². The van der Waals surface area contributed by atoms with Gasteiger partial charge in [0.2, 0.25) is 11.8 Å². The lowest BCUT2D eigenvalue weighted by Gasteiger charge is -2.21. The maximum atomic E-state index is 12.2. The predicted molar refractivity (Wildman–Crippen MR) is 98.4 cm³/mol. The van der Waals surface area contributed by atoms with E-state index in [0.29, 0.717) is 18.0 Å². The normalized spacial score (nSPS) is 10.1. The molecule has 0 radical (unpaired) electrons. The molecule has 5 nitrogen and oxygen atoms in total. The Morgan fingerprint density at radius 2 is 1.88 bits per heavy atom. The van der Waals surface area contributed by atoms with E-state index < -0.39 is 0 Å². The number of rotatable bonds is 6. The summed E-state index contributed by atoms with van der Waals surface area (Å²) in [5.74, 6) is 0.277. The zero-order valence-electron chi connectivity index (χ0n) is 13.6. The van der Waals surface area contributed by atoms with Crippen molar-refractivity contribution in [3.63, 3.8) is 0 Å². The molecule has 24 heavy (non-hydrogen) atoms. The fourth-order valence-electron chi connectivity index (χ4n) is 2.17. The first kappa shape index (κ1) is 18.0. The van der Waals surface area contributed by atoms with Crippen molar-refractivity contribution in [2.24, 2.45) is 0 Å². The molecule has 1 N–H and O–H groups in total. The second kappa shape index (κ2) is 8.49. The van der Waals surface area contributed by atoms with Gasteiger partial charge in [-0.2, -0.15) is 0 Å². The molecule has 2 aromatic carbocycles. The molecular weight excluding hydrogens is 372 g/mol. The summed E-state index contributed by atoms with van der Waals surface area (Å²) in [6.45, 7) is 3.88. The highest BCUT2D eigenvalue weighted by molar-refractivity contribution is 9.10. The topological polar surface area (TPSA) is 58.6 Å². The highest BCUT2D eigenvalue weighted by Crippen LogP contribution is 2.20. The number of carbonyl (C=O) groups excluding carboxylic acids is 2. The number of hydrogen-bond acceptors (Lipinski definition) is 3. The molecule has 0 atom stereocenters. The van der Waals surface area contributed by atoms with Crippen LogP contribution >= 0.6 is 15.9 Å². The summed E-state index contributed by atoms with van der Waals surface area (Å²) in [5, 5.41) is 2.78. The number of ether oxygens (including phenoxy) is 1. The quantitative estimate of drug-likeness (QED) is 0.814. The van der Waals surface area contributed by atoms with Gasteiger partial charge in [-0.05, 0) is 49.4 Å². The second-order valence-corrected chi connectivity index (χ2v) is 6.01. The van der Waals surface area contributed by atoms with Gasteiger partial charge in [0.1, 0.15) is 12.3 Å². The van der Waals surface area contributed by atoms with Crippen LogP contribution in [-0.4, -0.2) is 25.0 Å². The van der Waals surface area contributed by atoms with Gasteiger partial charge >= 0.3 is 0 Å². The Morgan fingerprint density at radius 1 is 1.17 bits per heavy atom. The number of halogens is 1. The molecule has 0 aromatic heterocycles. The van der Waals surface area contributed by atoms with Crippen molar-refractivity contribution < 1.29 is 14.3 Å². The third-order valence-corrected chi connectivity index (χ3v) is 3.74. The smallest absolute Gasteiger partial charge is 0.244 e. The largest absolute Gasteiger partial charge is 0.494 e. The molecule has 0 aliphatic heterocycles. The Hall–Kier alpha value is -2.34. The zero-order chi connectivity index (χ0) is 17.5. The first-order chi connectivity index (χ1) is 11.5. The van der Waals surface area contributed by atoms with Crippen molar-refractivity contribution in [1.82, 2.24) is 0 Å². The van der Waals surface area contributed by atoms with Crippen molar-refractivity contribution in [3.05, 3.63) is 53.0 Å². The minimum absolute atomic E-state index is 0.0565. The van der Waals surface area contributed by atoms with Crippen LogP contribution in [0.4, 0.5) is 11.4 Å². The van der Waals surface area contributed by atoms with Crippen LogP contribution in [0.5, 0.6) is 5.75 Å². The summed E-state index contributed by atoms with van der Waals surface area (Å²) < 4.78 is 6.21. The summed E-state index contributed by atoms with van der Waals surface area (Å²) in [6.07, 6.45) is 0. The van der Waals surface area contributed by atoms with Crippen molar-refractivity contribution >= 4 is 39.1 Å². The van der Waals surface area contributed by atoms with Crippen LogP contribution in [0.25, 0.3) is 0 Å². The van der Waals surface area contributed by atoms with Crippen molar-refractivity contribution in [1.29, 1.82) is 0 Å². The maximum absolute atomic E-state index is 12.2. The van der Waals surface area contributed by atoms with Gasteiger partial charge in [0.25, 0.3) is 0 Å². The van der Waals surface area contributed by atoms with E-state index in [-0.39, 0.29) is 18.4 Å². The van der Waals surface area contributed by atoms with E-state index in [9.17, 15) is 9.59 Å². The lowest BCUT2D eigenvalue weighted by atomic mass is 10.2. The molecule has 126 valence electrons. The van der Waals surface area contributed by atoms with Crippen LogP contribution in [0, 0.1) is 0 Å². The molecule has 0 saturated heterocycles. The zero-order valence-corrected chi connectivity index (χ0v) is 15.2. The molecule has 0 saturated carbocycles. The Labute approximate surface area is 149 Å². The summed E-state index contributed by atoms with van der Waals surface area (Å²) >= 11 is 3.37. The summed E-state index contributed by atoms with van der Waals surface area (Å²) in [6, 6.07) is 14.4. The molecule has 0 heterocycles. The van der Waals surface area contributed by atoms with Crippen LogP contribution < -0.4 is 15.0 Å². The van der Waals surface area contributed by atoms with Crippen LogP contribution in [-0.2, 0) is 9.59 Å². The number of amides is 2. The third kappa shape index (κ3) is 5.09. The van der Waals surface area contributed by atoms with Crippen LogP contribution in [0.15, 0.2) is 53.0 Å². The number of carbonyl (C=O) groups is 2. The van der Waals surface area contributed by atoms with Crippen molar-refractivity contribution in [2.45, 2.75) is 13.8 Å². The Kier molecular flexibility index (Phi) is 6.37. The van der Waals surface area contributed by atoms with E-state index in [4.69, 9.17) is 4.74 Å². The molecule has 0 fully saturated rings. The Bertz CT molecular complexity index is 716. The average molecular weight is 391 g/mol. The molecule has 0 bridgehead atoms. The van der Waals surface area contributed by atoms with Gasteiger partial charge < -0.3 is 15.0 Å². The first-order valence-corrected chi connectivity index (χ1v) is 8.35. The summed E-state index contributed by atoms with van der Waals surface area (Å²) in [4.78, 5) is 25.5. The van der Waals surface area contributed by atoms with Crippen molar-refractivity contribution in [3.8, 4) is 5.75 Å². The minimum atomic E-state index is -0.269. The molecular formula is C18H19BrN2O3. The van der Waals surface area contributed by atoms with E-state index in [2.05, 4.69) is 21.2 Å². The van der Waals surface area contributed by atoms with Gasteiger partial charge in [-0.1, -0.05) is 22.0 Å². The highest BCUT2D eigenvalue weighted by Gasteiger charge is 2.16. The van der Waals surface area contributed by atoms with Gasteiger partial charge in [-0.15, -0.1) is 0 Å². The van der Waals surface area contributed by atoms with E-state index in [1.807, 2.05) is 19.1 Å². The van der Waals surface area contributed by atoms with Gasteiger partial charge in [0.15, 0.2) is 0 Å². The van der Waals surface area contributed by atoms with Gasteiger partial charge in [-0.25, -0.2) is 0 Å². The van der Waals surface area contributed by atoms with Gasteiger partial charge in [-0.3, -0.25) is 9.59 Å². The lowest BCUT2D eigenvalue weighted by molar-refractivity contribution is -0.120. The molecule has 2 rings (SSSR count). The number of nitrogens with zero attached hydrogens (tertiary/aromatic N) is 1. The van der Waals surface area contributed by atoms with Crippen molar-refractivity contribution in [2.75, 3.05) is 23.4 Å². The average Bonchev–Trinajstić information content (AvgIpc) is 2.54. The Morgan fingerprint density at radius 3 is 2.46 bits per heavy atom. The van der Waals surface area contributed by atoms with E-state index >= 15 is 0 Å². The standard InChI is InChI=1S/C18H19BrN2O3/c1-3-24-17-9-7-15(8-10-17)20-18(23)12-21(13(2)22)16-6-4-5-14(19)11-16/h4-11H,3,12H2,1-2H3,(H,20,23). The molecule has 2 aromatic rings. The van der Waals surface area contributed by atoms with Crippen LogP contribution in [0.2, 0.25) is 0 Å². The molecule has 6 heteroatoms. The predicted octanol–water partition coefficient (Wildman–Crippen LogP) is 3.84. The fraction of sp³-hybridized carbons (Fsp3) is 0.222. The minimum Gasteiger partial charge on any atom is -0.494 e. The molecule has 0 aliphatic rings. The highest BCUT2D eigenvalue weighted by atomic mass is 79.9. The summed E-state index contributed by atoms with van der Waals surface area (Å²) in [5.41, 5.74) is 1.32. The van der Waals surface area contributed by atoms with E-state index in [1.54, 1.807) is 36.4 Å². The third-order valence-electron chi connectivity index (χ3n) is 3.25. The molecule has 0 spiro atoms. The second-order valence-electron chi connectivity index (χ2n) is 5.09. The molecule has 0 aliphatic carbocycles. The SMILES string of the molecule is CCOc1ccc(NC(=O)CN(C(C)=O)c2cccc(Br)c2)cc1. The number of anilines is 2. The van der Waals surface area contributed by atoms with Crippen LogP contribution in [0.1, 0.15) is 13.8 Å². The molecule has 2 amide bonds. The van der Waals surface area contributed by atoms with Gasteiger partial charge in [0.05, 0.1) is 6.61 Å². The monoisotopic (exact) mass is 390 g/mol. The summed E-state index contributed by atoms with van der Waals surface area (Å²) in [7, 11) is 0. The lowest BCUT2D eigenvalue weighted by Crippen LogP contribution is -2.36. The first-order valence-electron chi connectivity index (χ1n) is 7.56.